The lowest BCUT2D eigenvalue weighted by atomic mass is 9.98. The summed E-state index contributed by atoms with van der Waals surface area (Å²) in [7, 11) is 0. The van der Waals surface area contributed by atoms with E-state index in [-0.39, 0.29) is 29.8 Å². The zero-order valence-electron chi connectivity index (χ0n) is 15.2. The summed E-state index contributed by atoms with van der Waals surface area (Å²) >= 11 is 0. The summed E-state index contributed by atoms with van der Waals surface area (Å²) in [5.41, 5.74) is 2.97. The van der Waals surface area contributed by atoms with Crippen LogP contribution in [0, 0.1) is 11.7 Å². The summed E-state index contributed by atoms with van der Waals surface area (Å²) in [5.74, 6) is 0.215. The van der Waals surface area contributed by atoms with Crippen molar-refractivity contribution < 1.29 is 14.6 Å². The minimum absolute atomic E-state index is 0. The predicted octanol–water partition coefficient (Wildman–Crippen LogP) is 3.20. The molecule has 0 spiro atoms. The van der Waals surface area contributed by atoms with Gasteiger partial charge in [0, 0.05) is 12.5 Å². The normalized spacial score (nSPS) is 19.2. The number of piperidine rings is 1. The molecule has 3 N–H and O–H groups in total. The summed E-state index contributed by atoms with van der Waals surface area (Å²) in [4.78, 5) is 4.70. The molecule has 146 valence electrons. The van der Waals surface area contributed by atoms with Gasteiger partial charge in [-0.05, 0) is 42.8 Å². The van der Waals surface area contributed by atoms with Crippen molar-refractivity contribution in [1.82, 2.24) is 14.9 Å². The van der Waals surface area contributed by atoms with Gasteiger partial charge in [0.05, 0.1) is 17.6 Å². The first-order valence-electron chi connectivity index (χ1n) is 8.78. The van der Waals surface area contributed by atoms with Gasteiger partial charge in [0.2, 0.25) is 0 Å². The number of halogens is 2. The topological polar surface area (TPSA) is 70.6 Å². The van der Waals surface area contributed by atoms with E-state index in [0.29, 0.717) is 18.5 Å². The van der Waals surface area contributed by atoms with Crippen LogP contribution in [0.2, 0.25) is 0 Å². The molecule has 2 heterocycles. The van der Waals surface area contributed by atoms with Gasteiger partial charge in [-0.3, -0.25) is 4.57 Å². The van der Waals surface area contributed by atoms with E-state index in [2.05, 4.69) is 16.8 Å². The van der Waals surface area contributed by atoms with Crippen molar-refractivity contribution >= 4 is 23.4 Å². The van der Waals surface area contributed by atoms with Crippen LogP contribution in [0.3, 0.4) is 0 Å². The fraction of sp³-hybridized carbons (Fsp3) is 0.350. The van der Waals surface area contributed by atoms with Crippen LogP contribution in [0.5, 0.6) is 6.01 Å². The van der Waals surface area contributed by atoms with E-state index in [1.807, 2.05) is 24.3 Å². The third-order valence-electron chi connectivity index (χ3n) is 4.84. The fourth-order valence-corrected chi connectivity index (χ4v) is 3.37. The number of fused-ring (bicyclic) bond motifs is 1. The quantitative estimate of drug-likeness (QED) is 0.739. The first-order valence-corrected chi connectivity index (χ1v) is 8.78. The molecule has 4 rings (SSSR count). The number of nitrogens with one attached hydrogen (secondary N) is 1. The SMILES string of the molecule is C[C@H]1CNCC[C@H]1Oc1nc2ccccc2n1Cc1ccc(F)cc1.Cl.O. The van der Waals surface area contributed by atoms with E-state index in [0.717, 1.165) is 36.1 Å². The monoisotopic (exact) mass is 393 g/mol. The minimum atomic E-state index is -0.223. The molecule has 5 nitrogen and oxygen atoms in total. The Morgan fingerprint density at radius 3 is 2.67 bits per heavy atom. The zero-order chi connectivity index (χ0) is 17.2. The highest BCUT2D eigenvalue weighted by Crippen LogP contribution is 2.26. The molecular formula is C20H25ClFN3O2. The first-order chi connectivity index (χ1) is 12.2. The lowest BCUT2D eigenvalue weighted by Gasteiger charge is -2.29. The smallest absolute Gasteiger partial charge is 0.297 e. The highest BCUT2D eigenvalue weighted by atomic mass is 35.5. The second-order valence-electron chi connectivity index (χ2n) is 6.72. The van der Waals surface area contributed by atoms with Crippen LogP contribution in [-0.4, -0.2) is 34.2 Å². The van der Waals surface area contributed by atoms with E-state index in [4.69, 9.17) is 9.72 Å². The van der Waals surface area contributed by atoms with Crippen LogP contribution in [0.1, 0.15) is 18.9 Å². The Morgan fingerprint density at radius 1 is 1.19 bits per heavy atom. The molecule has 7 heteroatoms. The molecule has 1 fully saturated rings. The lowest BCUT2D eigenvalue weighted by Crippen LogP contribution is -2.41. The van der Waals surface area contributed by atoms with Crippen molar-refractivity contribution in [2.24, 2.45) is 5.92 Å². The summed E-state index contributed by atoms with van der Waals surface area (Å²) in [5, 5.41) is 3.39. The van der Waals surface area contributed by atoms with Crippen LogP contribution in [0.4, 0.5) is 4.39 Å². The highest BCUT2D eigenvalue weighted by molar-refractivity contribution is 5.85. The third-order valence-corrected chi connectivity index (χ3v) is 4.84. The number of nitrogens with zero attached hydrogens (tertiary/aromatic N) is 2. The molecule has 2 atom stereocenters. The third kappa shape index (κ3) is 4.58. The molecule has 3 aromatic rings. The number of imidazole rings is 1. The first kappa shape index (κ1) is 21.2. The van der Waals surface area contributed by atoms with E-state index >= 15 is 0 Å². The number of para-hydroxylation sites is 2. The number of benzene rings is 2. The van der Waals surface area contributed by atoms with Gasteiger partial charge in [-0.15, -0.1) is 12.4 Å². The fourth-order valence-electron chi connectivity index (χ4n) is 3.37. The number of hydrogen-bond donors (Lipinski definition) is 1. The van der Waals surface area contributed by atoms with E-state index in [1.54, 1.807) is 12.1 Å². The van der Waals surface area contributed by atoms with Gasteiger partial charge in [-0.25, -0.2) is 4.39 Å². The Balaban J connectivity index is 0.00000131. The number of rotatable bonds is 4. The van der Waals surface area contributed by atoms with Crippen molar-refractivity contribution in [2.45, 2.75) is 26.0 Å². The van der Waals surface area contributed by atoms with Gasteiger partial charge < -0.3 is 15.5 Å². The van der Waals surface area contributed by atoms with E-state index in [9.17, 15) is 4.39 Å². The van der Waals surface area contributed by atoms with Gasteiger partial charge in [0.1, 0.15) is 11.9 Å². The molecule has 1 aromatic heterocycles. The van der Waals surface area contributed by atoms with Crippen molar-refractivity contribution in [3.05, 3.63) is 59.9 Å². The molecule has 27 heavy (non-hydrogen) atoms. The molecular weight excluding hydrogens is 369 g/mol. The maximum Gasteiger partial charge on any atom is 0.297 e. The van der Waals surface area contributed by atoms with Crippen molar-refractivity contribution in [2.75, 3.05) is 13.1 Å². The van der Waals surface area contributed by atoms with Gasteiger partial charge in [0.25, 0.3) is 6.01 Å². The van der Waals surface area contributed by atoms with E-state index in [1.165, 1.54) is 12.1 Å². The van der Waals surface area contributed by atoms with Crippen LogP contribution in [0.15, 0.2) is 48.5 Å². The molecule has 2 aromatic carbocycles. The Kier molecular flexibility index (Phi) is 7.18. The van der Waals surface area contributed by atoms with Gasteiger partial charge in [0.15, 0.2) is 0 Å². The highest BCUT2D eigenvalue weighted by Gasteiger charge is 2.25. The summed E-state index contributed by atoms with van der Waals surface area (Å²) in [6, 6.07) is 15.3. The Bertz CT molecular complexity index is 869. The zero-order valence-corrected chi connectivity index (χ0v) is 16.0. The second-order valence-corrected chi connectivity index (χ2v) is 6.72. The summed E-state index contributed by atoms with van der Waals surface area (Å²) in [6.07, 6.45) is 1.13. The lowest BCUT2D eigenvalue weighted by molar-refractivity contribution is 0.0976. The number of ether oxygens (including phenoxy) is 1. The van der Waals surface area contributed by atoms with Gasteiger partial charge >= 0.3 is 0 Å². The second kappa shape index (κ2) is 9.17. The molecule has 0 aliphatic carbocycles. The van der Waals surface area contributed by atoms with Crippen molar-refractivity contribution in [1.29, 1.82) is 0 Å². The molecule has 1 saturated heterocycles. The molecule has 0 unspecified atom stereocenters. The predicted molar refractivity (Wildman–Crippen MR) is 107 cm³/mol. The van der Waals surface area contributed by atoms with Gasteiger partial charge in [-0.1, -0.05) is 31.2 Å². The van der Waals surface area contributed by atoms with E-state index < -0.39 is 0 Å². The minimum Gasteiger partial charge on any atom is -0.461 e. The molecule has 0 bridgehead atoms. The maximum atomic E-state index is 13.2. The number of aromatic nitrogens is 2. The Morgan fingerprint density at radius 2 is 1.93 bits per heavy atom. The maximum absolute atomic E-state index is 13.2. The molecule has 1 aliphatic rings. The van der Waals surface area contributed by atoms with Crippen LogP contribution < -0.4 is 10.1 Å². The number of hydrogen-bond acceptors (Lipinski definition) is 3. The molecule has 0 saturated carbocycles. The van der Waals surface area contributed by atoms with Gasteiger partial charge in [-0.2, -0.15) is 4.98 Å². The largest absolute Gasteiger partial charge is 0.461 e. The van der Waals surface area contributed by atoms with Crippen LogP contribution in [0.25, 0.3) is 11.0 Å². The van der Waals surface area contributed by atoms with Crippen molar-refractivity contribution in [3.63, 3.8) is 0 Å². The molecule has 0 radical (unpaired) electrons. The average Bonchev–Trinajstić information content (AvgIpc) is 2.96. The van der Waals surface area contributed by atoms with Crippen LogP contribution in [-0.2, 0) is 6.54 Å². The Hall–Kier alpha value is -2.15. The average molecular weight is 394 g/mol. The van der Waals surface area contributed by atoms with Crippen LogP contribution >= 0.6 is 12.4 Å². The summed E-state index contributed by atoms with van der Waals surface area (Å²) < 4.78 is 21.6. The van der Waals surface area contributed by atoms with Crippen molar-refractivity contribution in [3.8, 4) is 6.01 Å². The Labute approximate surface area is 164 Å². The molecule has 1 aliphatic heterocycles. The standard InChI is InChI=1S/C20H22FN3O.ClH.H2O/c1-14-12-22-11-10-19(14)25-20-23-17-4-2-3-5-18(17)24(20)13-15-6-8-16(21)9-7-15;;/h2-9,14,19,22H,10-13H2,1H3;1H;1H2/t14-,19+;;/m0../s1. The summed E-state index contributed by atoms with van der Waals surface area (Å²) in [6.45, 7) is 4.73. The molecule has 0 amide bonds.